The van der Waals surface area contributed by atoms with Gasteiger partial charge in [0.05, 0.1) is 6.04 Å². The summed E-state index contributed by atoms with van der Waals surface area (Å²) >= 11 is 0. The molecule has 1 unspecified atom stereocenters. The third-order valence-corrected chi connectivity index (χ3v) is 4.54. The van der Waals surface area contributed by atoms with E-state index in [2.05, 4.69) is 0 Å². The van der Waals surface area contributed by atoms with Gasteiger partial charge in [-0.2, -0.15) is 12.7 Å². The highest BCUT2D eigenvalue weighted by Gasteiger charge is 2.31. The number of hydrogen-bond donors (Lipinski definition) is 0. The van der Waals surface area contributed by atoms with Crippen LogP contribution in [-0.4, -0.2) is 31.1 Å². The fourth-order valence-electron chi connectivity index (χ4n) is 1.72. The minimum Gasteiger partial charge on any atom is -0.268 e. The van der Waals surface area contributed by atoms with E-state index in [1.54, 1.807) is 13.2 Å². The van der Waals surface area contributed by atoms with E-state index in [4.69, 9.17) is 0 Å². The molecule has 0 spiro atoms. The van der Waals surface area contributed by atoms with Gasteiger partial charge in [-0.15, -0.1) is 0 Å². The number of likely N-dealkylation sites (N-methyl/N-ethyl adjacent to an activating group) is 1. The van der Waals surface area contributed by atoms with Crippen molar-refractivity contribution in [1.29, 1.82) is 0 Å². The molecule has 2 rings (SSSR count). The van der Waals surface area contributed by atoms with Crippen LogP contribution in [0.4, 0.5) is 0 Å². The fourth-order valence-corrected chi connectivity index (χ4v) is 2.83. The zero-order valence-electron chi connectivity index (χ0n) is 9.24. The van der Waals surface area contributed by atoms with Gasteiger partial charge >= 0.3 is 10.2 Å². The minimum absolute atomic E-state index is 0.220. The Bertz CT molecular complexity index is 496. The van der Waals surface area contributed by atoms with Crippen molar-refractivity contribution in [3.63, 3.8) is 0 Å². The van der Waals surface area contributed by atoms with E-state index in [9.17, 15) is 8.42 Å². The van der Waals surface area contributed by atoms with Crippen LogP contribution in [0.2, 0.25) is 0 Å². The zero-order valence-corrected chi connectivity index (χ0v) is 10.1. The Balaban J connectivity index is 2.43. The van der Waals surface area contributed by atoms with Crippen molar-refractivity contribution < 1.29 is 8.42 Å². The molecule has 1 aromatic carbocycles. The number of nitrogens with zero attached hydrogens (tertiary/aromatic N) is 2. The molecule has 0 bridgehead atoms. The highest BCUT2D eigenvalue weighted by molar-refractivity contribution is 7.86. The van der Waals surface area contributed by atoms with Crippen LogP contribution in [-0.2, 0) is 10.2 Å². The summed E-state index contributed by atoms with van der Waals surface area (Å²) in [6.45, 7) is 0. The van der Waals surface area contributed by atoms with Crippen LogP contribution in [0, 0.1) is 0 Å². The molecule has 0 saturated heterocycles. The lowest BCUT2D eigenvalue weighted by molar-refractivity contribution is 0.375. The standard InChI is InChI=1S/C11H14N2O2S/c1-12-9-8-11(13(2)16(12,14)15)10-6-4-3-5-7-10/h3-9,11H,1-2H3. The highest BCUT2D eigenvalue weighted by Crippen LogP contribution is 2.28. The van der Waals surface area contributed by atoms with E-state index in [0.717, 1.165) is 5.56 Å². The topological polar surface area (TPSA) is 40.6 Å². The predicted octanol–water partition coefficient (Wildman–Crippen LogP) is 1.36. The number of benzene rings is 1. The van der Waals surface area contributed by atoms with Gasteiger partial charge in [-0.1, -0.05) is 30.3 Å². The molecule has 4 nitrogen and oxygen atoms in total. The zero-order chi connectivity index (χ0) is 11.8. The second-order valence-electron chi connectivity index (χ2n) is 3.74. The second kappa shape index (κ2) is 3.92. The Morgan fingerprint density at radius 2 is 1.75 bits per heavy atom. The number of hydrogen-bond acceptors (Lipinski definition) is 2. The van der Waals surface area contributed by atoms with E-state index in [1.165, 1.54) is 15.7 Å². The van der Waals surface area contributed by atoms with Crippen LogP contribution in [0.25, 0.3) is 0 Å². The molecule has 1 aliphatic rings. The summed E-state index contributed by atoms with van der Waals surface area (Å²) < 4.78 is 26.4. The van der Waals surface area contributed by atoms with E-state index in [1.807, 2.05) is 36.4 Å². The van der Waals surface area contributed by atoms with Crippen molar-refractivity contribution >= 4 is 10.2 Å². The molecule has 0 radical (unpaired) electrons. The summed E-state index contributed by atoms with van der Waals surface area (Å²) in [7, 11) is -0.236. The van der Waals surface area contributed by atoms with Gasteiger partial charge in [-0.3, -0.25) is 4.31 Å². The third-order valence-electron chi connectivity index (χ3n) is 2.74. The summed E-state index contributed by atoms with van der Waals surface area (Å²) in [5, 5.41) is 0. The summed E-state index contributed by atoms with van der Waals surface area (Å²) in [6, 6.07) is 9.35. The first kappa shape index (κ1) is 11.2. The molecule has 0 aromatic heterocycles. The molecule has 0 saturated carbocycles. The largest absolute Gasteiger partial charge is 0.303 e. The molecule has 1 aliphatic heterocycles. The van der Waals surface area contributed by atoms with Gasteiger partial charge in [-0.05, 0) is 11.6 Å². The first-order valence-corrected chi connectivity index (χ1v) is 6.37. The molecule has 0 amide bonds. The van der Waals surface area contributed by atoms with Crippen molar-refractivity contribution in [3.05, 3.63) is 48.2 Å². The summed E-state index contributed by atoms with van der Waals surface area (Å²) in [4.78, 5) is 0. The summed E-state index contributed by atoms with van der Waals surface area (Å²) in [5.41, 5.74) is 0.970. The monoisotopic (exact) mass is 238 g/mol. The Morgan fingerprint density at radius 3 is 2.38 bits per heavy atom. The summed E-state index contributed by atoms with van der Waals surface area (Å²) in [6.07, 6.45) is 3.46. The van der Waals surface area contributed by atoms with Crippen LogP contribution >= 0.6 is 0 Å². The first-order chi connectivity index (χ1) is 7.53. The van der Waals surface area contributed by atoms with Gasteiger partial charge in [0.25, 0.3) is 0 Å². The lowest BCUT2D eigenvalue weighted by Crippen LogP contribution is -2.41. The molecular formula is C11H14N2O2S. The molecule has 0 N–H and O–H groups in total. The van der Waals surface area contributed by atoms with Crippen molar-refractivity contribution in [2.45, 2.75) is 6.04 Å². The first-order valence-electron chi connectivity index (χ1n) is 4.98. The molecule has 0 aliphatic carbocycles. The maximum Gasteiger partial charge on any atom is 0.303 e. The van der Waals surface area contributed by atoms with Gasteiger partial charge in [0.15, 0.2) is 0 Å². The van der Waals surface area contributed by atoms with E-state index < -0.39 is 10.2 Å². The van der Waals surface area contributed by atoms with Crippen LogP contribution < -0.4 is 0 Å². The Labute approximate surface area is 96.0 Å². The van der Waals surface area contributed by atoms with Gasteiger partial charge in [0.2, 0.25) is 0 Å². The third kappa shape index (κ3) is 1.72. The molecule has 1 atom stereocenters. The van der Waals surface area contributed by atoms with Gasteiger partial charge < -0.3 is 0 Å². The molecule has 5 heteroatoms. The smallest absolute Gasteiger partial charge is 0.268 e. The van der Waals surface area contributed by atoms with Crippen molar-refractivity contribution in [1.82, 2.24) is 8.61 Å². The average Bonchev–Trinajstić information content (AvgIpc) is 2.28. The molecule has 1 aromatic rings. The molecule has 86 valence electrons. The number of rotatable bonds is 1. The van der Waals surface area contributed by atoms with Crippen molar-refractivity contribution in [3.8, 4) is 0 Å². The maximum absolute atomic E-state index is 11.9. The van der Waals surface area contributed by atoms with Crippen molar-refractivity contribution in [2.24, 2.45) is 0 Å². The normalized spacial score (nSPS) is 24.6. The second-order valence-corrected chi connectivity index (χ2v) is 5.78. The van der Waals surface area contributed by atoms with Crippen molar-refractivity contribution in [2.75, 3.05) is 14.1 Å². The quantitative estimate of drug-likeness (QED) is 0.741. The summed E-state index contributed by atoms with van der Waals surface area (Å²) in [5.74, 6) is 0. The lowest BCUT2D eigenvalue weighted by atomic mass is 10.1. The van der Waals surface area contributed by atoms with Gasteiger partial charge in [0.1, 0.15) is 0 Å². The van der Waals surface area contributed by atoms with Gasteiger partial charge in [-0.25, -0.2) is 0 Å². The van der Waals surface area contributed by atoms with Crippen LogP contribution in [0.1, 0.15) is 11.6 Å². The van der Waals surface area contributed by atoms with E-state index >= 15 is 0 Å². The van der Waals surface area contributed by atoms with E-state index in [0.29, 0.717) is 0 Å². The predicted molar refractivity (Wildman–Crippen MR) is 62.8 cm³/mol. The molecular weight excluding hydrogens is 224 g/mol. The average molecular weight is 238 g/mol. The Hall–Kier alpha value is -1.33. The minimum atomic E-state index is -3.36. The maximum atomic E-state index is 11.9. The van der Waals surface area contributed by atoms with E-state index in [-0.39, 0.29) is 6.04 Å². The molecule has 1 heterocycles. The SMILES string of the molecule is CN1C=CC(c2ccccc2)N(C)S1(=O)=O. The van der Waals surface area contributed by atoms with Crippen LogP contribution in [0.15, 0.2) is 42.6 Å². The Kier molecular flexibility index (Phi) is 2.73. The lowest BCUT2D eigenvalue weighted by Gasteiger charge is -2.33. The van der Waals surface area contributed by atoms with Gasteiger partial charge in [0, 0.05) is 20.3 Å². The van der Waals surface area contributed by atoms with Crippen LogP contribution in [0.5, 0.6) is 0 Å². The molecule has 16 heavy (non-hydrogen) atoms. The molecule has 0 fully saturated rings. The Morgan fingerprint density at radius 1 is 1.12 bits per heavy atom. The highest BCUT2D eigenvalue weighted by atomic mass is 32.2. The fraction of sp³-hybridized carbons (Fsp3) is 0.273. The van der Waals surface area contributed by atoms with Crippen LogP contribution in [0.3, 0.4) is 0 Å².